The molecular weight excluding hydrogens is 451 g/mol. The summed E-state index contributed by atoms with van der Waals surface area (Å²) in [5.41, 5.74) is 12.9. The van der Waals surface area contributed by atoms with E-state index in [1.165, 1.54) is 19.4 Å². The van der Waals surface area contributed by atoms with Crippen molar-refractivity contribution in [1.82, 2.24) is 19.4 Å². The van der Waals surface area contributed by atoms with Crippen LogP contribution in [0.1, 0.15) is 34.7 Å². The number of hydrogen-bond acceptors (Lipinski definition) is 7. The molecule has 3 aromatic heterocycles. The van der Waals surface area contributed by atoms with Crippen LogP contribution in [-0.4, -0.2) is 32.4 Å². The zero-order valence-electron chi connectivity index (χ0n) is 18.1. The number of nitrogens with two attached hydrogens (primary N) is 2. The van der Waals surface area contributed by atoms with Crippen molar-refractivity contribution in [3.8, 4) is 17.0 Å². The number of pyridine rings is 1. The zero-order chi connectivity index (χ0) is 24.6. The molecule has 0 saturated heterocycles. The minimum Gasteiger partial charge on any atom is -0.496 e. The summed E-state index contributed by atoms with van der Waals surface area (Å²) in [7, 11) is 1.37. The lowest BCUT2D eigenvalue weighted by Gasteiger charge is -2.12. The molecule has 0 saturated carbocycles. The number of nitrogens with one attached hydrogen (secondary N) is 1. The SMILES string of the molecule is COc1cc(-c2nc(C(C)N)n3ccnc(N)c23)ccc1C(=O)Nc1cc(C(F)(F)F)ccn1. The van der Waals surface area contributed by atoms with Gasteiger partial charge in [0, 0.05) is 24.2 Å². The lowest BCUT2D eigenvalue weighted by molar-refractivity contribution is -0.137. The third-order valence-electron chi connectivity index (χ3n) is 5.07. The fourth-order valence-corrected chi connectivity index (χ4v) is 3.49. The number of imidazole rings is 1. The Morgan fingerprint density at radius 1 is 1.18 bits per heavy atom. The molecule has 1 amide bonds. The van der Waals surface area contributed by atoms with Crippen LogP contribution in [0.2, 0.25) is 0 Å². The Balaban J connectivity index is 1.72. The van der Waals surface area contributed by atoms with E-state index >= 15 is 0 Å². The smallest absolute Gasteiger partial charge is 0.416 e. The highest BCUT2D eigenvalue weighted by molar-refractivity contribution is 6.06. The van der Waals surface area contributed by atoms with E-state index in [9.17, 15) is 18.0 Å². The number of benzene rings is 1. The van der Waals surface area contributed by atoms with Gasteiger partial charge in [0.25, 0.3) is 5.91 Å². The number of ether oxygens (including phenoxy) is 1. The largest absolute Gasteiger partial charge is 0.496 e. The van der Waals surface area contributed by atoms with Gasteiger partial charge in [-0.3, -0.25) is 9.20 Å². The van der Waals surface area contributed by atoms with Crippen molar-refractivity contribution in [2.45, 2.75) is 19.1 Å². The summed E-state index contributed by atoms with van der Waals surface area (Å²) in [6.45, 7) is 1.78. The summed E-state index contributed by atoms with van der Waals surface area (Å²) in [6.07, 6.45) is -0.361. The first-order valence-electron chi connectivity index (χ1n) is 10.0. The predicted molar refractivity (Wildman–Crippen MR) is 119 cm³/mol. The highest BCUT2D eigenvalue weighted by Crippen LogP contribution is 2.34. The third kappa shape index (κ3) is 4.22. The van der Waals surface area contributed by atoms with Crippen LogP contribution in [0.25, 0.3) is 16.8 Å². The summed E-state index contributed by atoms with van der Waals surface area (Å²) in [5.74, 6) is 0.0468. The number of carbonyl (C=O) groups excluding carboxylic acids is 1. The maximum atomic E-state index is 13.0. The van der Waals surface area contributed by atoms with Gasteiger partial charge in [-0.05, 0) is 31.2 Å². The molecule has 0 spiro atoms. The standard InChI is InChI=1S/C22H20F3N7O2/c1-11(26)20-31-17(18-19(27)29-7-8-32(18)20)12-3-4-14(15(9-12)34-2)21(33)30-16-10-13(5-6-28-16)22(23,24)25/h3-11H,26H2,1-2H3,(H2,27,29)(H,28,30,33). The molecule has 4 rings (SSSR count). The number of rotatable bonds is 5. The van der Waals surface area contributed by atoms with Gasteiger partial charge < -0.3 is 21.5 Å². The Labute approximate surface area is 191 Å². The lowest BCUT2D eigenvalue weighted by Crippen LogP contribution is -2.15. The molecule has 0 fully saturated rings. The van der Waals surface area contributed by atoms with Crippen LogP contribution in [-0.2, 0) is 6.18 Å². The van der Waals surface area contributed by atoms with Crippen LogP contribution in [0, 0.1) is 0 Å². The first-order valence-corrected chi connectivity index (χ1v) is 10.0. The summed E-state index contributed by atoms with van der Waals surface area (Å²) >= 11 is 0. The van der Waals surface area contributed by atoms with Gasteiger partial charge in [-0.2, -0.15) is 13.2 Å². The van der Waals surface area contributed by atoms with Crippen LogP contribution >= 0.6 is 0 Å². The van der Waals surface area contributed by atoms with E-state index in [1.807, 2.05) is 0 Å². The fraction of sp³-hybridized carbons (Fsp3) is 0.182. The predicted octanol–water partition coefficient (Wildman–Crippen LogP) is 3.67. The van der Waals surface area contributed by atoms with Gasteiger partial charge in [-0.1, -0.05) is 6.07 Å². The van der Waals surface area contributed by atoms with Gasteiger partial charge in [-0.25, -0.2) is 15.0 Å². The van der Waals surface area contributed by atoms with Crippen LogP contribution < -0.4 is 21.5 Å². The van der Waals surface area contributed by atoms with Gasteiger partial charge in [0.15, 0.2) is 0 Å². The number of hydrogen-bond donors (Lipinski definition) is 3. The quantitative estimate of drug-likeness (QED) is 0.404. The number of aromatic nitrogens is 4. The highest BCUT2D eigenvalue weighted by Gasteiger charge is 2.31. The molecule has 0 bridgehead atoms. The number of anilines is 2. The number of nitrogens with zero attached hydrogens (tertiary/aromatic N) is 4. The van der Waals surface area contributed by atoms with Crippen LogP contribution in [0.5, 0.6) is 5.75 Å². The van der Waals surface area contributed by atoms with E-state index in [0.717, 1.165) is 18.3 Å². The first-order chi connectivity index (χ1) is 16.1. The molecule has 5 N–H and O–H groups in total. The van der Waals surface area contributed by atoms with E-state index in [4.69, 9.17) is 16.2 Å². The van der Waals surface area contributed by atoms with Crippen molar-refractivity contribution in [1.29, 1.82) is 0 Å². The topological polar surface area (TPSA) is 133 Å². The van der Waals surface area contributed by atoms with Crippen molar-refractivity contribution in [2.24, 2.45) is 5.73 Å². The maximum absolute atomic E-state index is 13.0. The van der Waals surface area contributed by atoms with Crippen molar-refractivity contribution >= 4 is 23.1 Å². The van der Waals surface area contributed by atoms with Crippen LogP contribution in [0.15, 0.2) is 48.9 Å². The summed E-state index contributed by atoms with van der Waals surface area (Å²) in [6, 6.07) is 5.85. The molecule has 176 valence electrons. The summed E-state index contributed by atoms with van der Waals surface area (Å²) < 4.78 is 46.0. The normalized spacial score (nSPS) is 12.5. The first kappa shape index (κ1) is 23.0. The number of nitrogen functional groups attached to an aromatic ring is 1. The average Bonchev–Trinajstić information content (AvgIpc) is 3.19. The van der Waals surface area contributed by atoms with Crippen molar-refractivity contribution in [3.63, 3.8) is 0 Å². The number of carbonyl (C=O) groups is 1. The van der Waals surface area contributed by atoms with E-state index in [0.29, 0.717) is 22.6 Å². The number of halogens is 3. The number of fused-ring (bicyclic) bond motifs is 1. The second-order valence-electron chi connectivity index (χ2n) is 7.44. The molecule has 9 nitrogen and oxygen atoms in total. The maximum Gasteiger partial charge on any atom is 0.416 e. The van der Waals surface area contributed by atoms with E-state index in [-0.39, 0.29) is 22.9 Å². The van der Waals surface area contributed by atoms with Gasteiger partial charge in [0.1, 0.15) is 34.4 Å². The molecular formula is C22H20F3N7O2. The Kier molecular flexibility index (Phi) is 5.83. The average molecular weight is 471 g/mol. The van der Waals surface area contributed by atoms with Crippen molar-refractivity contribution in [2.75, 3.05) is 18.2 Å². The summed E-state index contributed by atoms with van der Waals surface area (Å²) in [4.78, 5) is 25.3. The van der Waals surface area contributed by atoms with Crippen LogP contribution in [0.3, 0.4) is 0 Å². The van der Waals surface area contributed by atoms with Gasteiger partial charge >= 0.3 is 6.18 Å². The van der Waals surface area contributed by atoms with E-state index < -0.39 is 23.7 Å². The molecule has 0 aliphatic rings. The lowest BCUT2D eigenvalue weighted by atomic mass is 10.1. The minimum atomic E-state index is -4.56. The molecule has 34 heavy (non-hydrogen) atoms. The highest BCUT2D eigenvalue weighted by atomic mass is 19.4. The molecule has 0 aliphatic carbocycles. The third-order valence-corrected chi connectivity index (χ3v) is 5.07. The molecule has 1 atom stereocenters. The van der Waals surface area contributed by atoms with Crippen molar-refractivity contribution in [3.05, 3.63) is 65.9 Å². The Bertz CT molecular complexity index is 1380. The monoisotopic (exact) mass is 471 g/mol. The Morgan fingerprint density at radius 2 is 1.94 bits per heavy atom. The van der Waals surface area contributed by atoms with Gasteiger partial charge in [0.2, 0.25) is 0 Å². The molecule has 12 heteroatoms. The zero-order valence-corrected chi connectivity index (χ0v) is 18.1. The minimum absolute atomic E-state index is 0.0903. The summed E-state index contributed by atoms with van der Waals surface area (Å²) in [5, 5.41) is 2.37. The Hall–Kier alpha value is -4.19. The molecule has 0 radical (unpaired) electrons. The molecule has 1 unspecified atom stereocenters. The molecule has 4 aromatic rings. The number of alkyl halides is 3. The van der Waals surface area contributed by atoms with E-state index in [1.54, 1.807) is 29.7 Å². The molecule has 3 heterocycles. The number of methoxy groups -OCH3 is 1. The van der Waals surface area contributed by atoms with Crippen molar-refractivity contribution < 1.29 is 22.7 Å². The van der Waals surface area contributed by atoms with E-state index in [2.05, 4.69) is 20.3 Å². The Morgan fingerprint density at radius 3 is 2.62 bits per heavy atom. The fourth-order valence-electron chi connectivity index (χ4n) is 3.49. The second-order valence-corrected chi connectivity index (χ2v) is 7.44. The second kappa shape index (κ2) is 8.63. The molecule has 1 aromatic carbocycles. The van der Waals surface area contributed by atoms with Gasteiger partial charge in [-0.15, -0.1) is 0 Å². The van der Waals surface area contributed by atoms with Crippen LogP contribution in [0.4, 0.5) is 24.8 Å². The number of amides is 1. The molecule has 0 aliphatic heterocycles. The van der Waals surface area contributed by atoms with Gasteiger partial charge in [0.05, 0.1) is 24.3 Å².